The molecule has 3 aromatic rings. The van der Waals surface area contributed by atoms with Crippen LogP contribution in [0, 0.1) is 0 Å². The highest BCUT2D eigenvalue weighted by molar-refractivity contribution is 6.02. The normalized spacial score (nSPS) is 11.2. The second-order valence-corrected chi connectivity index (χ2v) is 5.19. The molecule has 0 saturated carbocycles. The second-order valence-electron chi connectivity index (χ2n) is 5.19. The van der Waals surface area contributed by atoms with Crippen LogP contribution in [0.5, 0.6) is 0 Å². The van der Waals surface area contributed by atoms with E-state index in [4.69, 9.17) is 0 Å². The predicted octanol–water partition coefficient (Wildman–Crippen LogP) is 3.24. The lowest BCUT2D eigenvalue weighted by atomic mass is 10.1. The van der Waals surface area contributed by atoms with Crippen LogP contribution in [0.1, 0.15) is 35.8 Å². The molecule has 0 unspecified atom stereocenters. The van der Waals surface area contributed by atoms with Gasteiger partial charge in [0.2, 0.25) is 0 Å². The zero-order chi connectivity index (χ0) is 15.0. The number of carboxylic acid groups (broad SMARTS) is 1. The molecule has 0 radical (unpaired) electrons. The Morgan fingerprint density at radius 3 is 2.67 bits per heavy atom. The van der Waals surface area contributed by atoms with E-state index in [9.17, 15) is 9.90 Å². The summed E-state index contributed by atoms with van der Waals surface area (Å²) in [6.07, 6.45) is 1.87. The van der Waals surface area contributed by atoms with Gasteiger partial charge in [0.05, 0.1) is 16.8 Å². The minimum atomic E-state index is -0.948. The molecule has 1 aromatic carbocycles. The monoisotopic (exact) mass is 281 g/mol. The largest absolute Gasteiger partial charge is 0.478 e. The number of pyridine rings is 1. The summed E-state index contributed by atoms with van der Waals surface area (Å²) < 4.78 is 1.71. The van der Waals surface area contributed by atoms with Crippen LogP contribution in [0.25, 0.3) is 16.7 Å². The van der Waals surface area contributed by atoms with E-state index in [1.165, 1.54) is 0 Å². The van der Waals surface area contributed by atoms with E-state index in [2.05, 4.69) is 23.9 Å². The molecule has 0 saturated heterocycles. The molecule has 5 heteroatoms. The molecule has 2 heterocycles. The summed E-state index contributed by atoms with van der Waals surface area (Å²) in [5.41, 5.74) is 1.90. The summed E-state index contributed by atoms with van der Waals surface area (Å²) in [6, 6.07) is 10.6. The smallest absolute Gasteiger partial charge is 0.336 e. The first-order valence-corrected chi connectivity index (χ1v) is 6.75. The van der Waals surface area contributed by atoms with Gasteiger partial charge in [-0.3, -0.25) is 0 Å². The van der Waals surface area contributed by atoms with Gasteiger partial charge in [-0.15, -0.1) is 0 Å². The number of carboxylic acids is 1. The molecule has 0 atom stereocenters. The molecule has 0 aliphatic heterocycles. The molecule has 1 N–H and O–H groups in total. The van der Waals surface area contributed by atoms with E-state index in [0.717, 1.165) is 5.69 Å². The van der Waals surface area contributed by atoms with Crippen molar-refractivity contribution in [2.75, 3.05) is 0 Å². The third-order valence-corrected chi connectivity index (χ3v) is 3.38. The van der Waals surface area contributed by atoms with Crippen LogP contribution in [0.2, 0.25) is 0 Å². The minimum Gasteiger partial charge on any atom is -0.478 e. The molecule has 0 aliphatic carbocycles. The zero-order valence-electron chi connectivity index (χ0n) is 11.8. The maximum absolute atomic E-state index is 11.2. The van der Waals surface area contributed by atoms with Crippen molar-refractivity contribution >= 4 is 16.9 Å². The van der Waals surface area contributed by atoms with Gasteiger partial charge in [0, 0.05) is 11.6 Å². The highest BCUT2D eigenvalue weighted by atomic mass is 16.4. The molecule has 0 amide bonds. The van der Waals surface area contributed by atoms with Gasteiger partial charge in [0.15, 0.2) is 5.82 Å². The van der Waals surface area contributed by atoms with Crippen molar-refractivity contribution in [3.8, 4) is 5.82 Å². The van der Waals surface area contributed by atoms with Crippen LogP contribution < -0.4 is 0 Å². The number of fused-ring (bicyclic) bond motifs is 1. The fraction of sp³-hybridized carbons (Fsp3) is 0.188. The molecule has 3 rings (SSSR count). The van der Waals surface area contributed by atoms with Gasteiger partial charge >= 0.3 is 5.97 Å². The summed E-state index contributed by atoms with van der Waals surface area (Å²) in [6.45, 7) is 4.17. The average molecular weight is 281 g/mol. The molecule has 106 valence electrons. The molecule has 0 fully saturated rings. The van der Waals surface area contributed by atoms with E-state index in [1.54, 1.807) is 35.0 Å². The molecule has 0 spiro atoms. The van der Waals surface area contributed by atoms with Crippen molar-refractivity contribution in [1.82, 2.24) is 14.8 Å². The quantitative estimate of drug-likeness (QED) is 0.800. The van der Waals surface area contributed by atoms with E-state index in [-0.39, 0.29) is 5.56 Å². The molecule has 0 bridgehead atoms. The molecule has 2 aromatic heterocycles. The Labute approximate surface area is 121 Å². The fourth-order valence-corrected chi connectivity index (χ4v) is 2.23. The molecular formula is C16H15N3O2. The maximum atomic E-state index is 11.2. The third-order valence-electron chi connectivity index (χ3n) is 3.38. The third kappa shape index (κ3) is 2.38. The molecule has 0 aliphatic rings. The Balaban J connectivity index is 2.11. The standard InChI is InChI=1S/C16H15N3O2/c1-10(2)13-8-9-19(18-13)15-7-6-11-12(16(20)21)4-3-5-14(11)17-15/h3-10H,1-2H3,(H,20,21). The Morgan fingerprint density at radius 2 is 2.00 bits per heavy atom. The van der Waals surface area contributed by atoms with Crippen LogP contribution in [0.4, 0.5) is 0 Å². The summed E-state index contributed by atoms with van der Waals surface area (Å²) in [5.74, 6) is 0.0820. The minimum absolute atomic E-state index is 0.259. The summed E-state index contributed by atoms with van der Waals surface area (Å²) in [7, 11) is 0. The van der Waals surface area contributed by atoms with Crippen molar-refractivity contribution in [1.29, 1.82) is 0 Å². The Hall–Kier alpha value is -2.69. The number of nitrogens with zero attached hydrogens (tertiary/aromatic N) is 3. The summed E-state index contributed by atoms with van der Waals surface area (Å²) in [5, 5.41) is 14.3. The average Bonchev–Trinajstić information content (AvgIpc) is 2.96. The predicted molar refractivity (Wildman–Crippen MR) is 79.9 cm³/mol. The number of hydrogen-bond acceptors (Lipinski definition) is 3. The number of aromatic carboxylic acids is 1. The number of aromatic nitrogens is 3. The van der Waals surface area contributed by atoms with Crippen molar-refractivity contribution in [3.05, 3.63) is 53.9 Å². The van der Waals surface area contributed by atoms with Gasteiger partial charge < -0.3 is 5.11 Å². The van der Waals surface area contributed by atoms with Gasteiger partial charge in [-0.1, -0.05) is 19.9 Å². The summed E-state index contributed by atoms with van der Waals surface area (Å²) >= 11 is 0. The zero-order valence-corrected chi connectivity index (χ0v) is 11.8. The van der Waals surface area contributed by atoms with E-state index in [1.807, 2.05) is 12.3 Å². The van der Waals surface area contributed by atoms with Crippen LogP contribution in [-0.4, -0.2) is 25.8 Å². The van der Waals surface area contributed by atoms with Gasteiger partial charge in [0.25, 0.3) is 0 Å². The van der Waals surface area contributed by atoms with Crippen molar-refractivity contribution in [2.24, 2.45) is 0 Å². The Bertz CT molecular complexity index is 821. The second kappa shape index (κ2) is 5.01. The summed E-state index contributed by atoms with van der Waals surface area (Å²) in [4.78, 5) is 15.7. The lowest BCUT2D eigenvalue weighted by Gasteiger charge is -2.05. The molecule has 21 heavy (non-hydrogen) atoms. The molecule has 5 nitrogen and oxygen atoms in total. The fourth-order valence-electron chi connectivity index (χ4n) is 2.23. The van der Waals surface area contributed by atoms with Gasteiger partial charge in [-0.25, -0.2) is 14.5 Å². The van der Waals surface area contributed by atoms with Crippen LogP contribution in [0.15, 0.2) is 42.6 Å². The number of rotatable bonds is 3. The van der Waals surface area contributed by atoms with Gasteiger partial charge in [-0.2, -0.15) is 5.10 Å². The lowest BCUT2D eigenvalue weighted by Crippen LogP contribution is -2.02. The first kappa shape index (κ1) is 13.3. The van der Waals surface area contributed by atoms with Gasteiger partial charge in [-0.05, 0) is 36.2 Å². The van der Waals surface area contributed by atoms with Crippen LogP contribution in [0.3, 0.4) is 0 Å². The van der Waals surface area contributed by atoms with Gasteiger partial charge in [0.1, 0.15) is 0 Å². The molecular weight excluding hydrogens is 266 g/mol. The number of benzene rings is 1. The highest BCUT2D eigenvalue weighted by Crippen LogP contribution is 2.20. The van der Waals surface area contributed by atoms with Crippen LogP contribution in [-0.2, 0) is 0 Å². The Morgan fingerprint density at radius 1 is 1.19 bits per heavy atom. The lowest BCUT2D eigenvalue weighted by molar-refractivity contribution is 0.0699. The Kier molecular flexibility index (Phi) is 3.17. The highest BCUT2D eigenvalue weighted by Gasteiger charge is 2.10. The maximum Gasteiger partial charge on any atom is 0.336 e. The SMILES string of the molecule is CC(C)c1ccn(-c2ccc3c(C(=O)O)cccc3n2)n1. The van der Waals surface area contributed by atoms with E-state index in [0.29, 0.717) is 22.6 Å². The number of carbonyl (C=O) groups is 1. The van der Waals surface area contributed by atoms with E-state index < -0.39 is 5.97 Å². The topological polar surface area (TPSA) is 68.0 Å². The first-order valence-electron chi connectivity index (χ1n) is 6.75. The first-order chi connectivity index (χ1) is 10.1. The van der Waals surface area contributed by atoms with Crippen LogP contribution >= 0.6 is 0 Å². The number of hydrogen-bond donors (Lipinski definition) is 1. The van der Waals surface area contributed by atoms with E-state index >= 15 is 0 Å². The van der Waals surface area contributed by atoms with Crippen molar-refractivity contribution < 1.29 is 9.90 Å². The van der Waals surface area contributed by atoms with Crippen molar-refractivity contribution in [2.45, 2.75) is 19.8 Å². The van der Waals surface area contributed by atoms with Crippen molar-refractivity contribution in [3.63, 3.8) is 0 Å².